The first-order valence-electron chi connectivity index (χ1n) is 9.10. The van der Waals surface area contributed by atoms with E-state index in [0.29, 0.717) is 23.1 Å². The van der Waals surface area contributed by atoms with Gasteiger partial charge in [0.25, 0.3) is 11.5 Å². The molecule has 0 aliphatic heterocycles. The van der Waals surface area contributed by atoms with Gasteiger partial charge in [0.15, 0.2) is 12.3 Å². The standard InChI is InChI=1S/C21H21N3O5/c1-3-24-20(26)17-10-5-4-9-16(17)19(23-24)21(27)29-13-18(25)22-12-14-7-6-8-15(11-14)28-2/h4-11H,3,12-13H2,1-2H3,(H,22,25). The lowest BCUT2D eigenvalue weighted by atomic mass is 10.1. The van der Waals surface area contributed by atoms with Crippen molar-refractivity contribution in [3.63, 3.8) is 0 Å². The first-order chi connectivity index (χ1) is 14.0. The highest BCUT2D eigenvalue weighted by molar-refractivity contribution is 6.02. The van der Waals surface area contributed by atoms with E-state index in [2.05, 4.69) is 10.4 Å². The van der Waals surface area contributed by atoms with Crippen molar-refractivity contribution in [1.82, 2.24) is 15.1 Å². The van der Waals surface area contributed by atoms with E-state index in [-0.39, 0.29) is 17.8 Å². The molecule has 8 heteroatoms. The van der Waals surface area contributed by atoms with Crippen LogP contribution in [-0.2, 0) is 22.6 Å². The van der Waals surface area contributed by atoms with Gasteiger partial charge in [0.2, 0.25) is 0 Å². The summed E-state index contributed by atoms with van der Waals surface area (Å²) in [6, 6.07) is 13.9. The molecule has 0 bridgehead atoms. The Morgan fingerprint density at radius 2 is 1.86 bits per heavy atom. The Labute approximate surface area is 167 Å². The number of amides is 1. The summed E-state index contributed by atoms with van der Waals surface area (Å²) >= 11 is 0. The van der Waals surface area contributed by atoms with Crippen molar-refractivity contribution >= 4 is 22.6 Å². The second-order valence-electron chi connectivity index (χ2n) is 6.22. The van der Waals surface area contributed by atoms with Crippen LogP contribution in [0.1, 0.15) is 23.0 Å². The molecule has 0 fully saturated rings. The molecule has 150 valence electrons. The summed E-state index contributed by atoms with van der Waals surface area (Å²) in [6.45, 7) is 1.88. The lowest BCUT2D eigenvalue weighted by Gasteiger charge is -2.10. The highest BCUT2D eigenvalue weighted by atomic mass is 16.5. The fourth-order valence-corrected chi connectivity index (χ4v) is 2.83. The van der Waals surface area contributed by atoms with Gasteiger partial charge in [0.1, 0.15) is 5.75 Å². The molecule has 0 saturated carbocycles. The normalized spacial score (nSPS) is 10.6. The zero-order valence-electron chi connectivity index (χ0n) is 16.2. The number of fused-ring (bicyclic) bond motifs is 1. The van der Waals surface area contributed by atoms with Crippen LogP contribution in [-0.4, -0.2) is 35.4 Å². The number of ether oxygens (including phenoxy) is 2. The number of benzene rings is 2. The van der Waals surface area contributed by atoms with Crippen molar-refractivity contribution in [3.8, 4) is 5.75 Å². The van der Waals surface area contributed by atoms with Crippen LogP contribution in [0.25, 0.3) is 10.8 Å². The van der Waals surface area contributed by atoms with E-state index in [4.69, 9.17) is 9.47 Å². The summed E-state index contributed by atoms with van der Waals surface area (Å²) in [4.78, 5) is 36.9. The van der Waals surface area contributed by atoms with Crippen molar-refractivity contribution in [1.29, 1.82) is 0 Å². The molecule has 8 nitrogen and oxygen atoms in total. The van der Waals surface area contributed by atoms with Crippen LogP contribution in [0.15, 0.2) is 53.3 Å². The zero-order valence-corrected chi connectivity index (χ0v) is 16.2. The summed E-state index contributed by atoms with van der Waals surface area (Å²) < 4.78 is 11.5. The SMILES string of the molecule is CCn1nc(C(=O)OCC(=O)NCc2cccc(OC)c2)c2ccccc2c1=O. The van der Waals surface area contributed by atoms with Crippen molar-refractivity contribution < 1.29 is 19.1 Å². The van der Waals surface area contributed by atoms with Crippen molar-refractivity contribution in [2.24, 2.45) is 0 Å². The predicted molar refractivity (Wildman–Crippen MR) is 107 cm³/mol. The molecule has 0 aliphatic carbocycles. The molecule has 0 unspecified atom stereocenters. The van der Waals surface area contributed by atoms with Crippen LogP contribution in [0.2, 0.25) is 0 Å². The molecular weight excluding hydrogens is 374 g/mol. The van der Waals surface area contributed by atoms with Crippen molar-refractivity contribution in [3.05, 3.63) is 70.1 Å². The number of hydrogen-bond acceptors (Lipinski definition) is 6. The Hall–Kier alpha value is -3.68. The smallest absolute Gasteiger partial charge is 0.359 e. The second kappa shape index (κ2) is 9.01. The van der Waals surface area contributed by atoms with Crippen LogP contribution in [0, 0.1) is 0 Å². The number of rotatable bonds is 7. The van der Waals surface area contributed by atoms with Gasteiger partial charge in [-0.1, -0.05) is 30.3 Å². The third kappa shape index (κ3) is 4.60. The molecular formula is C21H21N3O5. The Bertz CT molecular complexity index is 1110. The molecule has 0 aliphatic rings. The topological polar surface area (TPSA) is 99.5 Å². The van der Waals surface area contributed by atoms with Crippen LogP contribution in [0.4, 0.5) is 0 Å². The number of carbonyl (C=O) groups is 2. The second-order valence-corrected chi connectivity index (χ2v) is 6.22. The van der Waals surface area contributed by atoms with Gasteiger partial charge >= 0.3 is 5.97 Å². The molecule has 0 spiro atoms. The molecule has 0 atom stereocenters. The van der Waals surface area contributed by atoms with E-state index in [9.17, 15) is 14.4 Å². The third-order valence-electron chi connectivity index (χ3n) is 4.32. The summed E-state index contributed by atoms with van der Waals surface area (Å²) in [5.41, 5.74) is 0.574. The van der Waals surface area contributed by atoms with E-state index >= 15 is 0 Å². The number of carbonyl (C=O) groups excluding carboxylic acids is 2. The van der Waals surface area contributed by atoms with E-state index < -0.39 is 18.5 Å². The minimum Gasteiger partial charge on any atom is -0.497 e. The number of methoxy groups -OCH3 is 1. The molecule has 1 heterocycles. The van der Waals surface area contributed by atoms with Crippen LogP contribution in [0.5, 0.6) is 5.75 Å². The molecule has 1 amide bonds. The van der Waals surface area contributed by atoms with Gasteiger partial charge < -0.3 is 14.8 Å². The molecule has 29 heavy (non-hydrogen) atoms. The summed E-state index contributed by atoms with van der Waals surface area (Å²) in [7, 11) is 1.57. The van der Waals surface area contributed by atoms with Gasteiger partial charge in [0, 0.05) is 18.5 Å². The summed E-state index contributed by atoms with van der Waals surface area (Å²) in [6.07, 6.45) is 0. The number of nitrogens with one attached hydrogen (secondary N) is 1. The van der Waals surface area contributed by atoms with Crippen LogP contribution in [0.3, 0.4) is 0 Å². The number of hydrogen-bond donors (Lipinski definition) is 1. The molecule has 1 N–H and O–H groups in total. The molecule has 2 aromatic carbocycles. The maximum atomic E-state index is 12.5. The number of aryl methyl sites for hydroxylation is 1. The van der Waals surface area contributed by atoms with E-state index in [1.165, 1.54) is 4.68 Å². The molecule has 1 aromatic heterocycles. The van der Waals surface area contributed by atoms with Crippen LogP contribution >= 0.6 is 0 Å². The number of aromatic nitrogens is 2. The molecule has 0 radical (unpaired) electrons. The molecule has 3 rings (SSSR count). The fraction of sp³-hybridized carbons (Fsp3) is 0.238. The predicted octanol–water partition coefficient (Wildman–Crippen LogP) is 1.90. The number of nitrogens with zero attached hydrogens (tertiary/aromatic N) is 2. The van der Waals surface area contributed by atoms with Gasteiger partial charge in [-0.2, -0.15) is 5.10 Å². The third-order valence-corrected chi connectivity index (χ3v) is 4.32. The average Bonchev–Trinajstić information content (AvgIpc) is 2.76. The average molecular weight is 395 g/mol. The lowest BCUT2D eigenvalue weighted by Crippen LogP contribution is -2.30. The first kappa shape index (κ1) is 20.1. The Morgan fingerprint density at radius 1 is 1.10 bits per heavy atom. The van der Waals surface area contributed by atoms with Gasteiger partial charge in [-0.25, -0.2) is 9.48 Å². The lowest BCUT2D eigenvalue weighted by molar-refractivity contribution is -0.124. The van der Waals surface area contributed by atoms with Gasteiger partial charge in [-0.3, -0.25) is 9.59 Å². The quantitative estimate of drug-likeness (QED) is 0.614. The fourth-order valence-electron chi connectivity index (χ4n) is 2.83. The van der Waals surface area contributed by atoms with Gasteiger partial charge in [-0.05, 0) is 30.7 Å². The summed E-state index contributed by atoms with van der Waals surface area (Å²) in [5, 5.41) is 7.54. The van der Waals surface area contributed by atoms with E-state index in [0.717, 1.165) is 5.56 Å². The Morgan fingerprint density at radius 3 is 2.59 bits per heavy atom. The maximum Gasteiger partial charge on any atom is 0.359 e. The Balaban J connectivity index is 1.67. The minimum atomic E-state index is -0.764. The zero-order chi connectivity index (χ0) is 20.8. The van der Waals surface area contributed by atoms with Gasteiger partial charge in [-0.15, -0.1) is 0 Å². The maximum absolute atomic E-state index is 12.5. The highest BCUT2D eigenvalue weighted by Gasteiger charge is 2.18. The van der Waals surface area contributed by atoms with E-state index in [1.54, 1.807) is 50.4 Å². The highest BCUT2D eigenvalue weighted by Crippen LogP contribution is 2.14. The molecule has 3 aromatic rings. The number of esters is 1. The van der Waals surface area contributed by atoms with Gasteiger partial charge in [0.05, 0.1) is 12.5 Å². The minimum absolute atomic E-state index is 0.00245. The summed E-state index contributed by atoms with van der Waals surface area (Å²) in [5.74, 6) is -0.526. The molecule has 0 saturated heterocycles. The van der Waals surface area contributed by atoms with Crippen molar-refractivity contribution in [2.75, 3.05) is 13.7 Å². The monoisotopic (exact) mass is 395 g/mol. The first-order valence-corrected chi connectivity index (χ1v) is 9.10. The van der Waals surface area contributed by atoms with E-state index in [1.807, 2.05) is 12.1 Å². The van der Waals surface area contributed by atoms with Crippen molar-refractivity contribution in [2.45, 2.75) is 20.0 Å². The largest absolute Gasteiger partial charge is 0.497 e. The van der Waals surface area contributed by atoms with Crippen LogP contribution < -0.4 is 15.6 Å². The Kier molecular flexibility index (Phi) is 6.23.